The lowest BCUT2D eigenvalue weighted by Gasteiger charge is -2.18. The molecule has 1 aliphatic rings. The van der Waals surface area contributed by atoms with Gasteiger partial charge in [0.1, 0.15) is 23.6 Å². The Hall–Kier alpha value is -3.14. The lowest BCUT2D eigenvalue weighted by atomic mass is 9.87. The van der Waals surface area contributed by atoms with Crippen LogP contribution >= 0.6 is 0 Å². The first-order valence-corrected chi connectivity index (χ1v) is 9.93. The molecule has 0 saturated carbocycles. The zero-order valence-corrected chi connectivity index (χ0v) is 16.5. The Morgan fingerprint density at radius 2 is 1.76 bits per heavy atom. The van der Waals surface area contributed by atoms with Gasteiger partial charge in [-0.05, 0) is 59.9 Å². The van der Waals surface area contributed by atoms with Gasteiger partial charge in [-0.25, -0.2) is 4.39 Å². The number of hydrogen-bond acceptors (Lipinski definition) is 3. The highest BCUT2D eigenvalue weighted by Gasteiger charge is 2.42. The van der Waals surface area contributed by atoms with E-state index in [2.05, 4.69) is 25.1 Å². The Labute approximate surface area is 170 Å². The number of carbonyl (C=O) groups is 1. The average molecular weight is 390 g/mol. The van der Waals surface area contributed by atoms with Crippen molar-refractivity contribution in [3.05, 3.63) is 89.2 Å². The summed E-state index contributed by atoms with van der Waals surface area (Å²) in [6.45, 7) is 4.18. The standard InChI is InChI=1S/C25H23FO3/c1-3-16-14-22-21(15-20(16)17-8-6-5-7-9-17)23(25(27)28-4-2)24(29-22)18-10-12-19(26)13-11-18/h5-15,23-24H,3-4H2,1-2H3. The van der Waals surface area contributed by atoms with Gasteiger partial charge in [-0.1, -0.05) is 49.4 Å². The molecule has 0 amide bonds. The van der Waals surface area contributed by atoms with E-state index in [0.29, 0.717) is 12.4 Å². The van der Waals surface area contributed by atoms with Gasteiger partial charge < -0.3 is 9.47 Å². The Morgan fingerprint density at radius 3 is 2.41 bits per heavy atom. The molecule has 4 heteroatoms. The molecule has 0 radical (unpaired) electrons. The Morgan fingerprint density at radius 1 is 1.03 bits per heavy atom. The maximum atomic E-state index is 13.4. The molecular weight excluding hydrogens is 367 g/mol. The summed E-state index contributed by atoms with van der Waals surface area (Å²) in [6.07, 6.45) is 0.298. The Balaban J connectivity index is 1.84. The van der Waals surface area contributed by atoms with Crippen LogP contribution in [0.2, 0.25) is 0 Å². The summed E-state index contributed by atoms with van der Waals surface area (Å²) in [6, 6.07) is 20.3. The Bertz CT molecular complexity index is 1010. The van der Waals surface area contributed by atoms with E-state index in [1.54, 1.807) is 19.1 Å². The molecule has 0 fully saturated rings. The topological polar surface area (TPSA) is 35.5 Å². The summed E-state index contributed by atoms with van der Waals surface area (Å²) in [5.41, 5.74) is 4.90. The third kappa shape index (κ3) is 3.63. The van der Waals surface area contributed by atoms with Gasteiger partial charge in [-0.3, -0.25) is 4.79 Å². The second-order valence-corrected chi connectivity index (χ2v) is 7.09. The monoisotopic (exact) mass is 390 g/mol. The fourth-order valence-corrected chi connectivity index (χ4v) is 3.93. The van der Waals surface area contributed by atoms with Crippen LogP contribution in [0.25, 0.3) is 11.1 Å². The molecule has 0 aliphatic carbocycles. The van der Waals surface area contributed by atoms with Crippen LogP contribution in [0, 0.1) is 5.82 Å². The largest absolute Gasteiger partial charge is 0.484 e. The van der Waals surface area contributed by atoms with Crippen molar-refractivity contribution < 1.29 is 18.7 Å². The van der Waals surface area contributed by atoms with Gasteiger partial charge in [0.15, 0.2) is 0 Å². The first kappa shape index (κ1) is 19.2. The van der Waals surface area contributed by atoms with Crippen molar-refractivity contribution in [2.75, 3.05) is 6.61 Å². The predicted molar refractivity (Wildman–Crippen MR) is 110 cm³/mol. The summed E-state index contributed by atoms with van der Waals surface area (Å²) >= 11 is 0. The van der Waals surface area contributed by atoms with E-state index < -0.39 is 12.0 Å². The van der Waals surface area contributed by atoms with Crippen LogP contribution in [0.5, 0.6) is 5.75 Å². The molecule has 3 aromatic rings. The minimum absolute atomic E-state index is 0.291. The number of carbonyl (C=O) groups excluding carboxylic acids is 1. The maximum absolute atomic E-state index is 13.4. The molecule has 0 aromatic heterocycles. The molecule has 2 unspecified atom stereocenters. The molecular formula is C25H23FO3. The van der Waals surface area contributed by atoms with E-state index >= 15 is 0 Å². The molecule has 0 saturated heterocycles. The van der Waals surface area contributed by atoms with E-state index in [4.69, 9.17) is 9.47 Å². The van der Waals surface area contributed by atoms with Gasteiger partial charge in [-0.15, -0.1) is 0 Å². The summed E-state index contributed by atoms with van der Waals surface area (Å²) in [5, 5.41) is 0. The number of esters is 1. The average Bonchev–Trinajstić information content (AvgIpc) is 3.12. The van der Waals surface area contributed by atoms with E-state index in [9.17, 15) is 9.18 Å². The van der Waals surface area contributed by atoms with Crippen molar-refractivity contribution in [2.45, 2.75) is 32.3 Å². The first-order chi connectivity index (χ1) is 14.1. The minimum Gasteiger partial charge on any atom is -0.484 e. The molecule has 1 heterocycles. The van der Waals surface area contributed by atoms with Gasteiger partial charge in [0.2, 0.25) is 0 Å². The first-order valence-electron chi connectivity index (χ1n) is 9.93. The summed E-state index contributed by atoms with van der Waals surface area (Å²) < 4.78 is 25.0. The van der Waals surface area contributed by atoms with Crippen molar-refractivity contribution in [1.29, 1.82) is 0 Å². The maximum Gasteiger partial charge on any atom is 0.317 e. The van der Waals surface area contributed by atoms with Crippen molar-refractivity contribution >= 4 is 5.97 Å². The van der Waals surface area contributed by atoms with Crippen molar-refractivity contribution in [3.8, 4) is 16.9 Å². The van der Waals surface area contributed by atoms with Crippen LogP contribution < -0.4 is 4.74 Å². The lowest BCUT2D eigenvalue weighted by molar-refractivity contribution is -0.146. The van der Waals surface area contributed by atoms with Gasteiger partial charge in [0.05, 0.1) is 6.61 Å². The predicted octanol–water partition coefficient (Wildman–Crippen LogP) is 5.84. The zero-order chi connectivity index (χ0) is 20.4. The highest BCUT2D eigenvalue weighted by atomic mass is 19.1. The smallest absolute Gasteiger partial charge is 0.317 e. The zero-order valence-electron chi connectivity index (χ0n) is 16.5. The third-order valence-corrected chi connectivity index (χ3v) is 5.33. The molecule has 148 valence electrons. The van der Waals surface area contributed by atoms with Gasteiger partial charge in [0.25, 0.3) is 0 Å². The fraction of sp³-hybridized carbons (Fsp3) is 0.240. The molecule has 2 atom stereocenters. The van der Waals surface area contributed by atoms with Crippen LogP contribution in [-0.2, 0) is 16.0 Å². The Kier molecular flexibility index (Phi) is 5.34. The van der Waals surface area contributed by atoms with E-state index in [0.717, 1.165) is 34.2 Å². The van der Waals surface area contributed by atoms with Gasteiger partial charge >= 0.3 is 5.97 Å². The van der Waals surface area contributed by atoms with Gasteiger partial charge in [0, 0.05) is 5.56 Å². The second kappa shape index (κ2) is 8.08. The number of ether oxygens (including phenoxy) is 2. The normalized spacial score (nSPS) is 17.5. The highest BCUT2D eigenvalue weighted by molar-refractivity contribution is 5.83. The fourth-order valence-electron chi connectivity index (χ4n) is 3.93. The second-order valence-electron chi connectivity index (χ2n) is 7.09. The SMILES string of the molecule is CCOC(=O)C1c2cc(-c3ccccc3)c(CC)cc2OC1c1ccc(F)cc1. The van der Waals surface area contributed by atoms with E-state index in [-0.39, 0.29) is 11.8 Å². The molecule has 0 spiro atoms. The van der Waals surface area contributed by atoms with Crippen LogP contribution in [-0.4, -0.2) is 12.6 Å². The van der Waals surface area contributed by atoms with E-state index in [1.807, 2.05) is 24.3 Å². The summed E-state index contributed by atoms with van der Waals surface area (Å²) in [5.74, 6) is -0.557. The molecule has 29 heavy (non-hydrogen) atoms. The van der Waals surface area contributed by atoms with Crippen LogP contribution in [0.3, 0.4) is 0 Å². The number of rotatable bonds is 5. The van der Waals surface area contributed by atoms with Crippen molar-refractivity contribution in [2.24, 2.45) is 0 Å². The minimum atomic E-state index is -0.594. The highest BCUT2D eigenvalue weighted by Crippen LogP contribution is 2.49. The number of benzene rings is 3. The molecule has 3 aromatic carbocycles. The number of halogens is 1. The van der Waals surface area contributed by atoms with Crippen LogP contribution in [0.1, 0.15) is 42.6 Å². The summed E-state index contributed by atoms with van der Waals surface area (Å²) in [4.78, 5) is 12.9. The van der Waals surface area contributed by atoms with Crippen molar-refractivity contribution in [1.82, 2.24) is 0 Å². The van der Waals surface area contributed by atoms with Crippen LogP contribution in [0.4, 0.5) is 4.39 Å². The number of fused-ring (bicyclic) bond motifs is 1. The van der Waals surface area contributed by atoms with Crippen molar-refractivity contribution in [3.63, 3.8) is 0 Å². The van der Waals surface area contributed by atoms with Crippen LogP contribution in [0.15, 0.2) is 66.7 Å². The molecule has 1 aliphatic heterocycles. The lowest BCUT2D eigenvalue weighted by Crippen LogP contribution is -2.21. The van der Waals surface area contributed by atoms with Gasteiger partial charge in [-0.2, -0.15) is 0 Å². The number of hydrogen-bond donors (Lipinski definition) is 0. The molecule has 0 bridgehead atoms. The van der Waals surface area contributed by atoms with E-state index in [1.165, 1.54) is 12.1 Å². The molecule has 4 rings (SSSR count). The third-order valence-electron chi connectivity index (χ3n) is 5.33. The quantitative estimate of drug-likeness (QED) is 0.514. The summed E-state index contributed by atoms with van der Waals surface area (Å²) in [7, 11) is 0. The molecule has 3 nitrogen and oxygen atoms in total. The molecule has 0 N–H and O–H groups in total. The number of aryl methyl sites for hydroxylation is 1.